The molecule has 4 aromatic rings. The average Bonchev–Trinajstić information content (AvgIpc) is 3.21. The van der Waals surface area contributed by atoms with Crippen molar-refractivity contribution in [1.29, 1.82) is 0 Å². The molecule has 10 heteroatoms. The van der Waals surface area contributed by atoms with E-state index in [0.717, 1.165) is 5.56 Å². The van der Waals surface area contributed by atoms with Crippen molar-refractivity contribution >= 4 is 34.1 Å². The van der Waals surface area contributed by atoms with Gasteiger partial charge in [0.05, 0.1) is 21.0 Å². The summed E-state index contributed by atoms with van der Waals surface area (Å²) < 4.78 is 11.2. The quantitative estimate of drug-likeness (QED) is 0.329. The van der Waals surface area contributed by atoms with E-state index in [0.29, 0.717) is 39.9 Å². The monoisotopic (exact) mass is 425 g/mol. The maximum absolute atomic E-state index is 11.0. The topological polar surface area (TPSA) is 116 Å². The number of nitro benzene ring substituents is 1. The molecule has 30 heavy (non-hydrogen) atoms. The van der Waals surface area contributed by atoms with Gasteiger partial charge in [0, 0.05) is 30.3 Å². The highest BCUT2D eigenvalue weighted by Crippen LogP contribution is 2.29. The molecule has 0 bridgehead atoms. The molecule has 0 spiro atoms. The molecule has 0 saturated heterocycles. The fraction of sp³-hybridized carbons (Fsp3) is 0.150. The van der Waals surface area contributed by atoms with Gasteiger partial charge in [0.25, 0.3) is 11.6 Å². The Bertz CT molecular complexity index is 1230. The number of anilines is 1. The van der Waals surface area contributed by atoms with Crippen molar-refractivity contribution < 1.29 is 14.2 Å². The van der Waals surface area contributed by atoms with Crippen molar-refractivity contribution in [2.24, 2.45) is 0 Å². The minimum atomic E-state index is -0.473. The largest absolute Gasteiger partial charge is 0.467 e. The van der Waals surface area contributed by atoms with Crippen molar-refractivity contribution in [3.63, 3.8) is 0 Å². The zero-order chi connectivity index (χ0) is 21.1. The van der Waals surface area contributed by atoms with E-state index in [1.165, 1.54) is 18.2 Å². The van der Waals surface area contributed by atoms with Crippen molar-refractivity contribution in [2.75, 3.05) is 11.9 Å². The average molecular weight is 426 g/mol. The summed E-state index contributed by atoms with van der Waals surface area (Å²) in [5, 5.41) is 18.7. The first kappa shape index (κ1) is 19.6. The van der Waals surface area contributed by atoms with Crippen molar-refractivity contribution in [3.05, 3.63) is 69.4 Å². The molecule has 2 heterocycles. The molecule has 9 nitrogen and oxygen atoms in total. The summed E-state index contributed by atoms with van der Waals surface area (Å²) in [5.74, 6) is 1.13. The zero-order valence-corrected chi connectivity index (χ0v) is 16.6. The van der Waals surface area contributed by atoms with E-state index in [1.807, 2.05) is 25.1 Å². The van der Waals surface area contributed by atoms with Gasteiger partial charge in [0.1, 0.15) is 5.69 Å². The maximum Gasteiger partial charge on any atom is 0.271 e. The lowest BCUT2D eigenvalue weighted by Gasteiger charge is -2.10. The van der Waals surface area contributed by atoms with E-state index < -0.39 is 4.92 Å². The molecule has 0 aliphatic rings. The second-order valence-electron chi connectivity index (χ2n) is 6.28. The molecule has 4 rings (SSSR count). The minimum absolute atomic E-state index is 0.0540. The Morgan fingerprint density at radius 3 is 2.77 bits per heavy atom. The van der Waals surface area contributed by atoms with Gasteiger partial charge in [-0.15, -0.1) is 0 Å². The summed E-state index contributed by atoms with van der Waals surface area (Å²) >= 11 is 6.20. The standard InChI is InChI=1S/C20H16ClN5O4/c1-2-22-19-20(24-16-8-7-12(26(27)28)9-18(16)23-19)29-11-13-10-17(25-30-13)14-5-3-4-6-15(14)21/h3-10H,2,11H2,1H3,(H,22,23). The number of ether oxygens (including phenoxy) is 1. The molecule has 0 aliphatic heterocycles. The van der Waals surface area contributed by atoms with Crippen LogP contribution in [0.15, 0.2) is 53.1 Å². The van der Waals surface area contributed by atoms with Gasteiger partial charge in [-0.3, -0.25) is 10.1 Å². The number of nitrogens with zero attached hydrogens (tertiary/aromatic N) is 4. The number of fused-ring (bicyclic) bond motifs is 1. The van der Waals surface area contributed by atoms with E-state index >= 15 is 0 Å². The van der Waals surface area contributed by atoms with Gasteiger partial charge < -0.3 is 14.6 Å². The summed E-state index contributed by atoms with van der Waals surface area (Å²) in [4.78, 5) is 19.4. The van der Waals surface area contributed by atoms with E-state index in [2.05, 4.69) is 20.4 Å². The Balaban J connectivity index is 1.59. The van der Waals surface area contributed by atoms with Gasteiger partial charge >= 0.3 is 0 Å². The number of nitro groups is 1. The Hall–Kier alpha value is -3.72. The van der Waals surface area contributed by atoms with Crippen LogP contribution in [0.4, 0.5) is 11.5 Å². The number of aromatic nitrogens is 3. The van der Waals surface area contributed by atoms with Crippen LogP contribution in [-0.4, -0.2) is 26.6 Å². The van der Waals surface area contributed by atoms with Gasteiger partial charge in [0.2, 0.25) is 0 Å². The first-order valence-corrected chi connectivity index (χ1v) is 9.46. The van der Waals surface area contributed by atoms with E-state index in [4.69, 9.17) is 20.9 Å². The van der Waals surface area contributed by atoms with E-state index in [9.17, 15) is 10.1 Å². The van der Waals surface area contributed by atoms with Crippen LogP contribution in [0.3, 0.4) is 0 Å². The van der Waals surface area contributed by atoms with Gasteiger partial charge in [-0.2, -0.15) is 0 Å². The SMILES string of the molecule is CCNc1nc2cc([N+](=O)[O-])ccc2nc1OCc1cc(-c2ccccc2Cl)no1. The third-order valence-corrected chi connectivity index (χ3v) is 4.56. The van der Waals surface area contributed by atoms with Crippen LogP contribution in [-0.2, 0) is 6.61 Å². The Morgan fingerprint density at radius 1 is 1.17 bits per heavy atom. The summed E-state index contributed by atoms with van der Waals surface area (Å²) in [6.45, 7) is 2.54. The van der Waals surface area contributed by atoms with Crippen molar-refractivity contribution in [3.8, 4) is 17.1 Å². The predicted octanol–water partition coefficient (Wildman–Crippen LogP) is 4.86. The van der Waals surface area contributed by atoms with Crippen LogP contribution >= 0.6 is 11.6 Å². The van der Waals surface area contributed by atoms with Crippen LogP contribution in [0.1, 0.15) is 12.7 Å². The third kappa shape index (κ3) is 4.01. The molecule has 2 aromatic carbocycles. The second-order valence-corrected chi connectivity index (χ2v) is 6.69. The van der Waals surface area contributed by atoms with Crippen LogP contribution in [0.5, 0.6) is 5.88 Å². The van der Waals surface area contributed by atoms with Gasteiger partial charge in [0.15, 0.2) is 18.2 Å². The minimum Gasteiger partial charge on any atom is -0.467 e. The highest BCUT2D eigenvalue weighted by atomic mass is 35.5. The summed E-state index contributed by atoms with van der Waals surface area (Å²) in [6.07, 6.45) is 0. The fourth-order valence-electron chi connectivity index (χ4n) is 2.84. The molecular weight excluding hydrogens is 410 g/mol. The number of benzene rings is 2. The second kappa shape index (κ2) is 8.34. The number of halogens is 1. The predicted molar refractivity (Wildman–Crippen MR) is 112 cm³/mol. The summed E-state index contributed by atoms with van der Waals surface area (Å²) in [7, 11) is 0. The van der Waals surface area contributed by atoms with Crippen LogP contribution in [0.2, 0.25) is 5.02 Å². The molecule has 0 fully saturated rings. The first-order chi connectivity index (χ1) is 14.5. The summed E-state index contributed by atoms with van der Waals surface area (Å²) in [6, 6.07) is 13.4. The molecule has 0 unspecified atom stereocenters. The molecule has 152 valence electrons. The number of nitrogens with one attached hydrogen (secondary N) is 1. The highest BCUT2D eigenvalue weighted by Gasteiger charge is 2.15. The first-order valence-electron chi connectivity index (χ1n) is 9.08. The van der Waals surface area contributed by atoms with E-state index in [1.54, 1.807) is 12.1 Å². The number of rotatable bonds is 7. The van der Waals surface area contributed by atoms with E-state index in [-0.39, 0.29) is 18.2 Å². The molecule has 0 amide bonds. The Kier molecular flexibility index (Phi) is 5.44. The zero-order valence-electron chi connectivity index (χ0n) is 15.8. The smallest absolute Gasteiger partial charge is 0.271 e. The lowest BCUT2D eigenvalue weighted by atomic mass is 10.1. The van der Waals surface area contributed by atoms with Crippen LogP contribution in [0, 0.1) is 10.1 Å². The van der Waals surface area contributed by atoms with Gasteiger partial charge in [-0.25, -0.2) is 9.97 Å². The van der Waals surface area contributed by atoms with Gasteiger partial charge in [-0.05, 0) is 19.1 Å². The molecule has 2 aromatic heterocycles. The number of non-ortho nitro benzene ring substituents is 1. The lowest BCUT2D eigenvalue weighted by Crippen LogP contribution is -2.06. The fourth-order valence-corrected chi connectivity index (χ4v) is 3.07. The van der Waals surface area contributed by atoms with Crippen molar-refractivity contribution in [1.82, 2.24) is 15.1 Å². The van der Waals surface area contributed by atoms with Crippen LogP contribution in [0.25, 0.3) is 22.3 Å². The maximum atomic E-state index is 11.0. The normalized spacial score (nSPS) is 10.9. The molecule has 0 radical (unpaired) electrons. The third-order valence-electron chi connectivity index (χ3n) is 4.23. The molecule has 0 saturated carbocycles. The molecule has 0 atom stereocenters. The summed E-state index contributed by atoms with van der Waals surface area (Å²) in [5.41, 5.74) is 2.18. The Labute approximate surface area is 175 Å². The number of hydrogen-bond acceptors (Lipinski definition) is 8. The van der Waals surface area contributed by atoms with Gasteiger partial charge in [-0.1, -0.05) is 35.0 Å². The van der Waals surface area contributed by atoms with Crippen LogP contribution < -0.4 is 10.1 Å². The highest BCUT2D eigenvalue weighted by molar-refractivity contribution is 6.33. The molecule has 1 N–H and O–H groups in total. The Morgan fingerprint density at radius 2 is 2.00 bits per heavy atom. The lowest BCUT2D eigenvalue weighted by molar-refractivity contribution is -0.384. The van der Waals surface area contributed by atoms with Crippen molar-refractivity contribution in [2.45, 2.75) is 13.5 Å². The number of hydrogen-bond donors (Lipinski definition) is 1. The molecular formula is C20H16ClN5O4. The molecule has 0 aliphatic carbocycles.